The molecule has 0 atom stereocenters. The van der Waals surface area contributed by atoms with E-state index in [2.05, 4.69) is 25.6 Å². The molecular formula is C15H19N5. The summed E-state index contributed by atoms with van der Waals surface area (Å²) in [5.41, 5.74) is 8.00. The molecule has 104 valence electrons. The van der Waals surface area contributed by atoms with Gasteiger partial charge in [-0.3, -0.25) is 0 Å². The molecule has 5 heteroatoms. The molecule has 2 aromatic heterocycles. The molecule has 0 bridgehead atoms. The molecule has 0 saturated carbocycles. The number of rotatable bonds is 4. The van der Waals surface area contributed by atoms with E-state index in [0.717, 1.165) is 24.4 Å². The first-order chi connectivity index (χ1) is 9.83. The van der Waals surface area contributed by atoms with E-state index in [0.29, 0.717) is 5.95 Å². The minimum Gasteiger partial charge on any atom is -0.368 e. The largest absolute Gasteiger partial charge is 0.368 e. The highest BCUT2D eigenvalue weighted by Crippen LogP contribution is 2.22. The van der Waals surface area contributed by atoms with Crippen molar-refractivity contribution < 1.29 is 0 Å². The van der Waals surface area contributed by atoms with Crippen molar-refractivity contribution in [2.75, 3.05) is 5.73 Å². The number of nitrogen functional groups attached to an aromatic ring is 1. The normalized spacial score (nSPS) is 15.1. The lowest BCUT2D eigenvalue weighted by molar-refractivity contribution is 0.628. The minimum absolute atomic E-state index is 0.291. The lowest BCUT2D eigenvalue weighted by Gasteiger charge is -2.14. The fourth-order valence-corrected chi connectivity index (χ4v) is 2.60. The van der Waals surface area contributed by atoms with Gasteiger partial charge in [0.1, 0.15) is 5.82 Å². The van der Waals surface area contributed by atoms with Gasteiger partial charge < -0.3 is 10.3 Å². The summed E-state index contributed by atoms with van der Waals surface area (Å²) in [6.45, 7) is 0.950. The van der Waals surface area contributed by atoms with Gasteiger partial charge in [0.15, 0.2) is 0 Å². The molecular weight excluding hydrogens is 250 g/mol. The Balaban J connectivity index is 1.73. The summed E-state index contributed by atoms with van der Waals surface area (Å²) in [7, 11) is 0. The maximum atomic E-state index is 5.52. The molecule has 0 saturated heterocycles. The van der Waals surface area contributed by atoms with Crippen molar-refractivity contribution in [1.82, 2.24) is 19.5 Å². The lowest BCUT2D eigenvalue weighted by Crippen LogP contribution is -2.03. The highest BCUT2D eigenvalue weighted by atomic mass is 15.1. The van der Waals surface area contributed by atoms with Crippen molar-refractivity contribution in [2.45, 2.75) is 38.6 Å². The molecule has 0 aromatic carbocycles. The third-order valence-corrected chi connectivity index (χ3v) is 3.70. The van der Waals surface area contributed by atoms with Gasteiger partial charge in [0.25, 0.3) is 0 Å². The summed E-state index contributed by atoms with van der Waals surface area (Å²) >= 11 is 0. The number of aromatic nitrogens is 4. The van der Waals surface area contributed by atoms with E-state index in [1.807, 2.05) is 12.4 Å². The molecule has 0 amide bonds. The van der Waals surface area contributed by atoms with Crippen LogP contribution < -0.4 is 5.73 Å². The second-order valence-electron chi connectivity index (χ2n) is 5.13. The highest BCUT2D eigenvalue weighted by Gasteiger charge is 2.09. The van der Waals surface area contributed by atoms with Crippen LogP contribution in [0.3, 0.4) is 0 Å². The molecule has 0 radical (unpaired) electrons. The van der Waals surface area contributed by atoms with Crippen molar-refractivity contribution in [3.63, 3.8) is 0 Å². The van der Waals surface area contributed by atoms with Crippen LogP contribution in [0.2, 0.25) is 0 Å². The number of anilines is 1. The molecule has 2 N–H and O–H groups in total. The smallest absolute Gasteiger partial charge is 0.219 e. The number of aryl methyl sites for hydroxylation is 1. The lowest BCUT2D eigenvalue weighted by atomic mass is 9.97. The van der Waals surface area contributed by atoms with Crippen molar-refractivity contribution in [3.05, 3.63) is 36.4 Å². The Kier molecular flexibility index (Phi) is 3.76. The first kappa shape index (κ1) is 12.8. The van der Waals surface area contributed by atoms with Gasteiger partial charge in [0.05, 0.1) is 5.56 Å². The van der Waals surface area contributed by atoms with Gasteiger partial charge in [-0.05, 0) is 32.1 Å². The van der Waals surface area contributed by atoms with Gasteiger partial charge in [-0.25, -0.2) is 15.0 Å². The van der Waals surface area contributed by atoms with Gasteiger partial charge in [0.2, 0.25) is 5.95 Å². The third-order valence-electron chi connectivity index (χ3n) is 3.70. The van der Waals surface area contributed by atoms with Crippen LogP contribution in [0.5, 0.6) is 0 Å². The fourth-order valence-electron chi connectivity index (χ4n) is 2.60. The number of hydrogen-bond acceptors (Lipinski definition) is 4. The standard InChI is InChI=1S/C15H19N5/c16-15-18-10-13(11-19-15)14-17-7-9-20(14)8-6-12-4-2-1-3-5-12/h4,7,9-11H,1-3,5-6,8H2,(H2,16,18,19). The summed E-state index contributed by atoms with van der Waals surface area (Å²) in [5.74, 6) is 1.20. The van der Waals surface area contributed by atoms with E-state index in [-0.39, 0.29) is 0 Å². The molecule has 20 heavy (non-hydrogen) atoms. The Morgan fingerprint density at radius 2 is 2.00 bits per heavy atom. The number of nitrogens with zero attached hydrogens (tertiary/aromatic N) is 4. The van der Waals surface area contributed by atoms with Gasteiger partial charge in [0, 0.05) is 31.3 Å². The number of nitrogens with two attached hydrogens (primary N) is 1. The molecule has 2 heterocycles. The van der Waals surface area contributed by atoms with E-state index in [1.54, 1.807) is 18.0 Å². The van der Waals surface area contributed by atoms with Crippen LogP contribution in [0.1, 0.15) is 32.1 Å². The van der Waals surface area contributed by atoms with Gasteiger partial charge in [-0.2, -0.15) is 0 Å². The zero-order valence-corrected chi connectivity index (χ0v) is 11.5. The van der Waals surface area contributed by atoms with Crippen LogP contribution in [0, 0.1) is 0 Å². The van der Waals surface area contributed by atoms with Crippen LogP contribution in [0.4, 0.5) is 5.95 Å². The monoisotopic (exact) mass is 269 g/mol. The first-order valence-electron chi connectivity index (χ1n) is 7.10. The second kappa shape index (κ2) is 5.86. The third kappa shape index (κ3) is 2.87. The Hall–Kier alpha value is -2.17. The van der Waals surface area contributed by atoms with Crippen molar-refractivity contribution in [2.24, 2.45) is 0 Å². The van der Waals surface area contributed by atoms with E-state index in [9.17, 15) is 0 Å². The second-order valence-corrected chi connectivity index (χ2v) is 5.13. The van der Waals surface area contributed by atoms with E-state index < -0.39 is 0 Å². The number of hydrogen-bond donors (Lipinski definition) is 1. The first-order valence-corrected chi connectivity index (χ1v) is 7.10. The molecule has 5 nitrogen and oxygen atoms in total. The van der Waals surface area contributed by atoms with Gasteiger partial charge in [-0.1, -0.05) is 11.6 Å². The Morgan fingerprint density at radius 1 is 1.15 bits per heavy atom. The molecule has 3 rings (SSSR count). The molecule has 0 fully saturated rings. The molecule has 1 aliphatic rings. The van der Waals surface area contributed by atoms with Crippen molar-refractivity contribution in [3.8, 4) is 11.4 Å². The van der Waals surface area contributed by atoms with E-state index in [4.69, 9.17) is 5.73 Å². The van der Waals surface area contributed by atoms with Crippen LogP contribution in [-0.4, -0.2) is 19.5 Å². The van der Waals surface area contributed by atoms with Crippen molar-refractivity contribution >= 4 is 5.95 Å². The Morgan fingerprint density at radius 3 is 2.75 bits per heavy atom. The predicted molar refractivity (Wildman–Crippen MR) is 78.8 cm³/mol. The van der Waals surface area contributed by atoms with Gasteiger partial charge in [-0.15, -0.1) is 0 Å². The number of allylic oxidation sites excluding steroid dienone is 2. The van der Waals surface area contributed by atoms with Crippen molar-refractivity contribution in [1.29, 1.82) is 0 Å². The van der Waals surface area contributed by atoms with Crippen LogP contribution in [-0.2, 0) is 6.54 Å². The molecule has 0 spiro atoms. The van der Waals surface area contributed by atoms with Crippen LogP contribution >= 0.6 is 0 Å². The number of imidazole rings is 1. The average Bonchev–Trinajstić information content (AvgIpc) is 2.95. The molecule has 0 aliphatic heterocycles. The Bertz CT molecular complexity index is 597. The molecule has 0 unspecified atom stereocenters. The summed E-state index contributed by atoms with van der Waals surface area (Å²) in [4.78, 5) is 12.5. The summed E-state index contributed by atoms with van der Waals surface area (Å²) < 4.78 is 2.16. The average molecular weight is 269 g/mol. The maximum absolute atomic E-state index is 5.52. The quantitative estimate of drug-likeness (QED) is 0.866. The Labute approximate surface area is 118 Å². The minimum atomic E-state index is 0.291. The van der Waals surface area contributed by atoms with Crippen LogP contribution in [0.25, 0.3) is 11.4 Å². The predicted octanol–water partition coefficient (Wildman–Crippen LogP) is 2.81. The summed E-state index contributed by atoms with van der Waals surface area (Å²) in [5, 5.41) is 0. The fraction of sp³-hybridized carbons (Fsp3) is 0.400. The maximum Gasteiger partial charge on any atom is 0.219 e. The van der Waals surface area contributed by atoms with Gasteiger partial charge >= 0.3 is 0 Å². The summed E-state index contributed by atoms with van der Waals surface area (Å²) in [6.07, 6.45) is 15.9. The van der Waals surface area contributed by atoms with E-state index >= 15 is 0 Å². The molecule has 1 aliphatic carbocycles. The zero-order valence-electron chi connectivity index (χ0n) is 11.5. The molecule has 2 aromatic rings. The SMILES string of the molecule is Nc1ncc(-c2nccn2CCC2=CCCCC2)cn1. The zero-order chi connectivity index (χ0) is 13.8. The topological polar surface area (TPSA) is 69.6 Å². The van der Waals surface area contributed by atoms with E-state index in [1.165, 1.54) is 25.7 Å². The summed E-state index contributed by atoms with van der Waals surface area (Å²) in [6, 6.07) is 0. The highest BCUT2D eigenvalue weighted by molar-refractivity contribution is 5.53. The van der Waals surface area contributed by atoms with Crippen LogP contribution in [0.15, 0.2) is 36.4 Å².